The first kappa shape index (κ1) is 16.2. The third-order valence-corrected chi connectivity index (χ3v) is 3.57. The van der Waals surface area contributed by atoms with E-state index in [1.165, 1.54) is 0 Å². The Morgan fingerprint density at radius 1 is 1.21 bits per heavy atom. The van der Waals surface area contributed by atoms with Crippen molar-refractivity contribution in [2.45, 2.75) is 6.54 Å². The lowest BCUT2D eigenvalue weighted by Crippen LogP contribution is -2.37. The minimum absolute atomic E-state index is 0.0224. The van der Waals surface area contributed by atoms with Crippen LogP contribution in [-0.4, -0.2) is 48.8 Å². The molecule has 1 aromatic heterocycles. The van der Waals surface area contributed by atoms with Crippen LogP contribution in [0.1, 0.15) is 5.69 Å². The summed E-state index contributed by atoms with van der Waals surface area (Å²) in [5.41, 5.74) is 0.763. The van der Waals surface area contributed by atoms with Gasteiger partial charge in [0.2, 0.25) is 5.95 Å². The first-order valence-electron chi connectivity index (χ1n) is 7.90. The summed E-state index contributed by atoms with van der Waals surface area (Å²) in [6, 6.07) is 11.0. The first-order chi connectivity index (χ1) is 11.8. The van der Waals surface area contributed by atoms with Crippen LogP contribution in [0.5, 0.6) is 5.75 Å². The van der Waals surface area contributed by atoms with Crippen LogP contribution in [-0.2, 0) is 16.1 Å². The maximum absolute atomic E-state index is 11.9. The van der Waals surface area contributed by atoms with Gasteiger partial charge in [-0.2, -0.15) is 0 Å². The molecule has 1 amide bonds. The first-order valence-corrected chi connectivity index (χ1v) is 7.90. The van der Waals surface area contributed by atoms with E-state index in [1.54, 1.807) is 12.3 Å². The van der Waals surface area contributed by atoms with Crippen molar-refractivity contribution >= 4 is 11.9 Å². The van der Waals surface area contributed by atoms with Gasteiger partial charge >= 0.3 is 0 Å². The van der Waals surface area contributed by atoms with Crippen LogP contribution in [0.3, 0.4) is 0 Å². The van der Waals surface area contributed by atoms with E-state index in [-0.39, 0.29) is 12.5 Å². The highest BCUT2D eigenvalue weighted by atomic mass is 16.5. The van der Waals surface area contributed by atoms with Crippen molar-refractivity contribution in [1.82, 2.24) is 15.3 Å². The molecule has 2 heterocycles. The van der Waals surface area contributed by atoms with Crippen LogP contribution in [0.4, 0.5) is 5.95 Å². The molecule has 1 aliphatic heterocycles. The fraction of sp³-hybridized carbons (Fsp3) is 0.353. The zero-order valence-electron chi connectivity index (χ0n) is 13.4. The van der Waals surface area contributed by atoms with Gasteiger partial charge in [-0.05, 0) is 18.2 Å². The predicted molar refractivity (Wildman–Crippen MR) is 88.8 cm³/mol. The SMILES string of the molecule is O=C(COc1ccccc1)NCc1ccnc(N2CCOCC2)n1. The summed E-state index contributed by atoms with van der Waals surface area (Å²) in [4.78, 5) is 22.7. The van der Waals surface area contributed by atoms with E-state index < -0.39 is 0 Å². The average Bonchev–Trinajstić information content (AvgIpc) is 2.66. The molecule has 2 aromatic rings. The van der Waals surface area contributed by atoms with E-state index in [0.29, 0.717) is 31.5 Å². The van der Waals surface area contributed by atoms with Crippen molar-refractivity contribution in [3.8, 4) is 5.75 Å². The van der Waals surface area contributed by atoms with E-state index in [2.05, 4.69) is 20.2 Å². The molecular weight excluding hydrogens is 308 g/mol. The van der Waals surface area contributed by atoms with Gasteiger partial charge in [-0.15, -0.1) is 0 Å². The van der Waals surface area contributed by atoms with Crippen molar-refractivity contribution in [2.24, 2.45) is 0 Å². The predicted octanol–water partition coefficient (Wildman–Crippen LogP) is 1.01. The molecule has 0 spiro atoms. The van der Waals surface area contributed by atoms with Crippen LogP contribution in [0.15, 0.2) is 42.6 Å². The molecule has 0 aliphatic carbocycles. The van der Waals surface area contributed by atoms with Gasteiger partial charge in [-0.1, -0.05) is 18.2 Å². The molecule has 1 aromatic carbocycles. The van der Waals surface area contributed by atoms with Gasteiger partial charge in [0.15, 0.2) is 6.61 Å². The number of nitrogens with one attached hydrogen (secondary N) is 1. The lowest BCUT2D eigenvalue weighted by atomic mass is 10.3. The van der Waals surface area contributed by atoms with Crippen LogP contribution in [0.25, 0.3) is 0 Å². The number of benzene rings is 1. The summed E-state index contributed by atoms with van der Waals surface area (Å²) < 4.78 is 10.7. The lowest BCUT2D eigenvalue weighted by Gasteiger charge is -2.26. The molecule has 1 N–H and O–H groups in total. The minimum atomic E-state index is -0.189. The number of hydrogen-bond donors (Lipinski definition) is 1. The van der Waals surface area contributed by atoms with Crippen molar-refractivity contribution < 1.29 is 14.3 Å². The number of aromatic nitrogens is 2. The topological polar surface area (TPSA) is 76.6 Å². The Bertz CT molecular complexity index is 660. The summed E-state index contributed by atoms with van der Waals surface area (Å²) >= 11 is 0. The molecule has 7 nitrogen and oxygen atoms in total. The van der Waals surface area contributed by atoms with Gasteiger partial charge in [0.25, 0.3) is 5.91 Å². The van der Waals surface area contributed by atoms with Crippen LogP contribution in [0, 0.1) is 0 Å². The zero-order valence-corrected chi connectivity index (χ0v) is 13.4. The molecule has 0 radical (unpaired) electrons. The molecule has 1 saturated heterocycles. The van der Waals surface area contributed by atoms with Crippen molar-refractivity contribution in [3.05, 3.63) is 48.3 Å². The number of anilines is 1. The number of ether oxygens (including phenoxy) is 2. The summed E-state index contributed by atoms with van der Waals surface area (Å²) in [6.45, 7) is 3.24. The Morgan fingerprint density at radius 2 is 2.00 bits per heavy atom. The second kappa shape index (κ2) is 8.26. The zero-order chi connectivity index (χ0) is 16.6. The van der Waals surface area contributed by atoms with Gasteiger partial charge in [0.05, 0.1) is 25.5 Å². The lowest BCUT2D eigenvalue weighted by molar-refractivity contribution is -0.123. The van der Waals surface area contributed by atoms with E-state index in [4.69, 9.17) is 9.47 Å². The van der Waals surface area contributed by atoms with E-state index in [9.17, 15) is 4.79 Å². The van der Waals surface area contributed by atoms with Crippen molar-refractivity contribution in [3.63, 3.8) is 0 Å². The second-order valence-electron chi connectivity index (χ2n) is 5.33. The fourth-order valence-electron chi connectivity index (χ4n) is 2.30. The summed E-state index contributed by atoms with van der Waals surface area (Å²) in [5, 5.41) is 2.80. The molecule has 0 unspecified atom stereocenters. The number of nitrogens with zero attached hydrogens (tertiary/aromatic N) is 3. The van der Waals surface area contributed by atoms with E-state index >= 15 is 0 Å². The van der Waals surface area contributed by atoms with E-state index in [1.807, 2.05) is 30.3 Å². The Hall–Kier alpha value is -2.67. The number of morpholine rings is 1. The van der Waals surface area contributed by atoms with Crippen LogP contribution in [0.2, 0.25) is 0 Å². The Labute approximate surface area is 140 Å². The van der Waals surface area contributed by atoms with Gasteiger partial charge in [0.1, 0.15) is 5.75 Å². The molecule has 0 saturated carbocycles. The largest absolute Gasteiger partial charge is 0.484 e. The number of amides is 1. The van der Waals surface area contributed by atoms with Crippen LogP contribution < -0.4 is 15.0 Å². The van der Waals surface area contributed by atoms with Crippen LogP contribution >= 0.6 is 0 Å². The smallest absolute Gasteiger partial charge is 0.258 e. The molecular formula is C17H20N4O3. The van der Waals surface area contributed by atoms with Gasteiger partial charge in [-0.3, -0.25) is 4.79 Å². The molecule has 126 valence electrons. The third kappa shape index (κ3) is 4.66. The quantitative estimate of drug-likeness (QED) is 0.853. The second-order valence-corrected chi connectivity index (χ2v) is 5.33. The number of carbonyl (C=O) groups is 1. The summed E-state index contributed by atoms with van der Waals surface area (Å²) in [5.74, 6) is 1.15. The van der Waals surface area contributed by atoms with Crippen molar-refractivity contribution in [1.29, 1.82) is 0 Å². The molecule has 0 bridgehead atoms. The van der Waals surface area contributed by atoms with Crippen molar-refractivity contribution in [2.75, 3.05) is 37.8 Å². The van der Waals surface area contributed by atoms with Gasteiger partial charge in [0, 0.05) is 19.3 Å². The summed E-state index contributed by atoms with van der Waals surface area (Å²) in [6.07, 6.45) is 1.71. The van der Waals surface area contributed by atoms with Gasteiger partial charge < -0.3 is 19.7 Å². The Balaban J connectivity index is 1.48. The number of carbonyl (C=O) groups excluding carboxylic acids is 1. The highest BCUT2D eigenvalue weighted by Crippen LogP contribution is 2.10. The highest BCUT2D eigenvalue weighted by molar-refractivity contribution is 5.77. The molecule has 24 heavy (non-hydrogen) atoms. The Morgan fingerprint density at radius 3 is 2.79 bits per heavy atom. The normalized spacial score (nSPS) is 14.2. The average molecular weight is 328 g/mol. The highest BCUT2D eigenvalue weighted by Gasteiger charge is 2.14. The third-order valence-electron chi connectivity index (χ3n) is 3.57. The standard InChI is InChI=1S/C17H20N4O3/c22-16(13-24-15-4-2-1-3-5-15)19-12-14-6-7-18-17(20-14)21-8-10-23-11-9-21/h1-7H,8-13H2,(H,19,22). The molecule has 1 fully saturated rings. The number of rotatable bonds is 6. The van der Waals surface area contributed by atoms with Gasteiger partial charge in [-0.25, -0.2) is 9.97 Å². The summed E-state index contributed by atoms with van der Waals surface area (Å²) in [7, 11) is 0. The molecule has 3 rings (SSSR count). The monoisotopic (exact) mass is 328 g/mol. The maximum atomic E-state index is 11.9. The molecule has 7 heteroatoms. The minimum Gasteiger partial charge on any atom is -0.484 e. The Kier molecular flexibility index (Phi) is 5.57. The number of para-hydroxylation sites is 1. The fourth-order valence-corrected chi connectivity index (χ4v) is 2.30. The van der Waals surface area contributed by atoms with E-state index in [0.717, 1.165) is 18.8 Å². The molecule has 0 atom stereocenters. The maximum Gasteiger partial charge on any atom is 0.258 e. The number of hydrogen-bond acceptors (Lipinski definition) is 6. The molecule has 1 aliphatic rings.